The number of allylic oxidation sites excluding steroid dienone is 1. The van der Waals surface area contributed by atoms with Crippen molar-refractivity contribution >= 4 is 23.7 Å². The lowest BCUT2D eigenvalue weighted by Gasteiger charge is -2.52. The molecule has 6 aliphatic heterocycles. The zero-order valence-corrected chi connectivity index (χ0v) is 60.7. The van der Waals surface area contributed by atoms with E-state index >= 15 is 0 Å². The molecular weight excluding hydrogens is 1410 g/mol. The molecule has 36 nitrogen and oxygen atoms in total. The van der Waals surface area contributed by atoms with Gasteiger partial charge in [-0.1, -0.05) is 109 Å². The fourth-order valence-corrected chi connectivity index (χ4v) is 13.9. The van der Waals surface area contributed by atoms with Gasteiger partial charge in [-0.2, -0.15) is 10.2 Å². The summed E-state index contributed by atoms with van der Waals surface area (Å²) in [6, 6.07) is -4.85. The average molecular weight is 1530 g/mol. The second kappa shape index (κ2) is 45.3. The molecule has 0 bridgehead atoms. The van der Waals surface area contributed by atoms with Crippen LogP contribution in [-0.2, 0) is 66.5 Å². The van der Waals surface area contributed by atoms with Crippen LogP contribution in [0.25, 0.3) is 0 Å². The smallest absolute Gasteiger partial charge is 0.364 e. The van der Waals surface area contributed by atoms with Crippen molar-refractivity contribution in [2.75, 3.05) is 39.6 Å². The van der Waals surface area contributed by atoms with Crippen molar-refractivity contribution in [1.29, 1.82) is 0 Å². The minimum absolute atomic E-state index is 0.0908. The molecule has 20 N–H and O–H groups in total. The molecule has 6 aliphatic rings. The number of unbranched alkanes of at least 4 members (excludes halogenated alkanes) is 17. The van der Waals surface area contributed by atoms with Gasteiger partial charge in [0, 0.05) is 33.1 Å². The number of carboxylic acid groups (broad SMARTS) is 1. The highest BCUT2D eigenvalue weighted by Gasteiger charge is 2.62. The number of aliphatic hydroxyl groups excluding tert-OH is 16. The van der Waals surface area contributed by atoms with E-state index in [1.807, 2.05) is 0 Å². The van der Waals surface area contributed by atoms with E-state index < -0.39 is 241 Å². The highest BCUT2D eigenvalue weighted by atomic mass is 16.8. The summed E-state index contributed by atoms with van der Waals surface area (Å²) in [6.45, 7) is -1.98. The van der Waals surface area contributed by atoms with E-state index in [0.717, 1.165) is 97.3 Å². The van der Waals surface area contributed by atoms with Gasteiger partial charge >= 0.3 is 5.97 Å². The van der Waals surface area contributed by atoms with Crippen LogP contribution in [0.4, 0.5) is 0 Å². The molecule has 610 valence electrons. The summed E-state index contributed by atoms with van der Waals surface area (Å²) in [5.74, 6) is -5.13. The number of carbonyl (C=O) groups excluding carboxylic acids is 3. The molecule has 0 aromatic carbocycles. The molecule has 0 unspecified atom stereocenters. The first-order chi connectivity index (χ1) is 50.7. The van der Waals surface area contributed by atoms with Gasteiger partial charge in [0.2, 0.25) is 17.7 Å². The predicted molar refractivity (Wildman–Crippen MR) is 366 cm³/mol. The first kappa shape index (κ1) is 90.6. The Labute approximate surface area is 617 Å². The second-order valence-electron chi connectivity index (χ2n) is 28.4. The Bertz CT molecular complexity index is 2700. The van der Waals surface area contributed by atoms with E-state index in [0.29, 0.717) is 19.3 Å². The summed E-state index contributed by atoms with van der Waals surface area (Å²) in [5, 5.41) is 205. The number of ether oxygens (including phenoxy) is 10. The van der Waals surface area contributed by atoms with E-state index in [9.17, 15) is 106 Å². The Morgan fingerprint density at radius 1 is 0.575 bits per heavy atom. The summed E-state index contributed by atoms with van der Waals surface area (Å²) in [6.07, 6.45) is -20.7. The van der Waals surface area contributed by atoms with Crippen molar-refractivity contribution in [3.63, 3.8) is 0 Å². The molecule has 28 atom stereocenters. The normalized spacial score (nSPS) is 35.6. The molecule has 0 aliphatic carbocycles. The molecule has 36 heteroatoms. The maximum absolute atomic E-state index is 13.8. The fraction of sp³-hybridized carbons (Fsp3) is 0.886. The highest BCUT2D eigenvalue weighted by Crippen LogP contribution is 2.42. The number of carbonyl (C=O) groups is 4. The molecule has 3 amide bonds. The number of aliphatic carboxylic acids is 1. The summed E-state index contributed by atoms with van der Waals surface area (Å²) in [4.78, 5) is 53.0. The van der Waals surface area contributed by atoms with Gasteiger partial charge < -0.3 is 150 Å². The molecule has 106 heavy (non-hydrogen) atoms. The first-order valence-corrected chi connectivity index (χ1v) is 37.4. The van der Waals surface area contributed by atoms with Crippen LogP contribution in [0.1, 0.15) is 175 Å². The lowest BCUT2D eigenvalue weighted by molar-refractivity contribution is -0.403. The van der Waals surface area contributed by atoms with Crippen LogP contribution in [0.5, 0.6) is 0 Å². The van der Waals surface area contributed by atoms with E-state index in [2.05, 4.69) is 39.0 Å². The lowest BCUT2D eigenvalue weighted by atomic mass is 9.88. The third-order valence-corrected chi connectivity index (χ3v) is 20.1. The predicted octanol–water partition coefficient (Wildman–Crippen LogP) is -3.22. The Kier molecular flexibility index (Phi) is 38.7. The van der Waals surface area contributed by atoms with Crippen molar-refractivity contribution in [3.05, 3.63) is 12.2 Å². The molecule has 0 spiro atoms. The molecule has 5 saturated heterocycles. The van der Waals surface area contributed by atoms with Gasteiger partial charge in [0.05, 0.1) is 63.9 Å². The SMILES string of the molecule is C#CCCCC1(CCCCCCCCC(=O)N[C@@H](CO[C@@H]2O[C@H](CO)[C@H](O[C@@H]3O[C@H](CO)[C@H](O[C@@H]4O[C@H](CO)[C@H](O)[C@H](O[C@@H]5O[C@H](CO)[C@H](O)[C@H](O)[C@H]5O)[C@H]4NC(C)=O)[C@H](O[C@]4(C(=O)O)C[C@H](O)[C@@H](NC(C)=O)[C@H]([C@H](O)[C@H](O)CO)O4)[C@H]3O)[C@H](O)[C@H]2O)[C@H](O)/C=C/CCCCCCCCCCCCC)N=N1. The molecule has 0 saturated carbocycles. The number of terminal acetylenes is 1. The highest BCUT2D eigenvalue weighted by molar-refractivity contribution is 5.77. The zero-order valence-electron chi connectivity index (χ0n) is 60.7. The van der Waals surface area contributed by atoms with E-state index in [4.69, 9.17) is 53.8 Å². The van der Waals surface area contributed by atoms with Crippen molar-refractivity contribution in [2.24, 2.45) is 10.2 Å². The van der Waals surface area contributed by atoms with Crippen molar-refractivity contribution in [3.8, 4) is 12.3 Å². The lowest BCUT2D eigenvalue weighted by Crippen LogP contribution is -2.72. The quantitative estimate of drug-likeness (QED) is 0.0162. The largest absolute Gasteiger partial charge is 0.477 e. The van der Waals surface area contributed by atoms with Gasteiger partial charge in [0.1, 0.15) is 116 Å². The van der Waals surface area contributed by atoms with E-state index in [1.165, 1.54) is 44.6 Å². The third-order valence-electron chi connectivity index (χ3n) is 20.1. The summed E-state index contributed by atoms with van der Waals surface area (Å²) >= 11 is 0. The van der Waals surface area contributed by atoms with Crippen molar-refractivity contribution in [1.82, 2.24) is 16.0 Å². The first-order valence-electron chi connectivity index (χ1n) is 37.4. The monoisotopic (exact) mass is 1530 g/mol. The Balaban J connectivity index is 1.24. The van der Waals surface area contributed by atoms with E-state index in [1.54, 1.807) is 6.08 Å². The number of hydrogen-bond donors (Lipinski definition) is 20. The molecule has 0 radical (unpaired) electrons. The average Bonchev–Trinajstić information content (AvgIpc) is 0.993. The summed E-state index contributed by atoms with van der Waals surface area (Å²) < 4.78 is 60.0. The molecule has 6 heterocycles. The molecular formula is C70H119N5O31. The number of nitrogens with zero attached hydrogens (tertiary/aromatic N) is 2. The molecule has 6 rings (SSSR count). The standard InChI is InChI=1S/C70H119N5O31/c1-5-7-9-10-11-12-13-14-15-16-17-20-23-27-41(83)40(73-48(86)28-24-21-18-19-22-26-30-69(74-75-69)29-25-8-6-2)37-97-65-57(93)55(91)59(46(35-79)100-65)102-67-58(94)63(106-70(68(95)96)31-42(84)49(71-38(3)81)62(105-70)51(87)43(85)32-76)60(47(36-80)101-67)103-64-50(72-39(4)82)61(53(89)45(34-78)98-64)104-66-56(92)54(90)52(88)44(33-77)99-66/h2,23,27,40-47,49-67,76-80,83-85,87-94H,5,7-22,24-26,28-37H2,1,3-4H3,(H,71,81)(H,72,82)(H,73,86)(H,95,96)/b27-23+/t40-,41+,42-,43+,44+,45+,46+,47+,49+,50+,51+,52-,53-,54-,55+,56+,57+,58+,59-,60-,61+,62+,63+,64-,65+,66-,67-,70-/m0/s1. The summed E-state index contributed by atoms with van der Waals surface area (Å²) in [5.41, 5.74) is -0.306. The zero-order chi connectivity index (χ0) is 77.8. The minimum Gasteiger partial charge on any atom is -0.477 e. The van der Waals surface area contributed by atoms with Crippen LogP contribution < -0.4 is 16.0 Å². The number of nitrogens with one attached hydrogen (secondary N) is 3. The number of carboxylic acids is 1. The van der Waals surface area contributed by atoms with Crippen LogP contribution in [0.2, 0.25) is 0 Å². The third kappa shape index (κ3) is 25.9. The topological polar surface area (TPSA) is 565 Å². The summed E-state index contributed by atoms with van der Waals surface area (Å²) in [7, 11) is 0. The maximum atomic E-state index is 13.8. The Hall–Kier alpha value is -4.26. The number of rotatable bonds is 48. The Morgan fingerprint density at radius 3 is 1.67 bits per heavy atom. The number of amides is 3. The van der Waals surface area contributed by atoms with Gasteiger partial charge in [0.15, 0.2) is 30.8 Å². The van der Waals surface area contributed by atoms with Crippen LogP contribution in [0.3, 0.4) is 0 Å². The van der Waals surface area contributed by atoms with Crippen LogP contribution in [0, 0.1) is 12.3 Å². The molecule has 0 aromatic rings. The van der Waals surface area contributed by atoms with Gasteiger partial charge in [-0.15, -0.1) is 12.3 Å². The number of aliphatic hydroxyl groups is 16. The van der Waals surface area contributed by atoms with Crippen LogP contribution in [-0.4, -0.2) is 327 Å². The minimum atomic E-state index is -3.39. The van der Waals surface area contributed by atoms with Crippen molar-refractivity contribution < 1.29 is 153 Å². The molecule has 0 aromatic heterocycles. The van der Waals surface area contributed by atoms with Crippen molar-refractivity contribution in [2.45, 2.75) is 352 Å². The van der Waals surface area contributed by atoms with Gasteiger partial charge in [0.25, 0.3) is 5.79 Å². The Morgan fingerprint density at radius 2 is 1.08 bits per heavy atom. The maximum Gasteiger partial charge on any atom is 0.364 e. The van der Waals surface area contributed by atoms with E-state index in [-0.39, 0.29) is 12.1 Å². The van der Waals surface area contributed by atoms with Gasteiger partial charge in [-0.25, -0.2) is 4.79 Å². The molecule has 5 fully saturated rings. The second-order valence-corrected chi connectivity index (χ2v) is 28.4. The number of hydrogen-bond acceptors (Lipinski definition) is 32. The van der Waals surface area contributed by atoms with Gasteiger partial charge in [-0.05, 0) is 44.9 Å². The van der Waals surface area contributed by atoms with Crippen LogP contribution >= 0.6 is 0 Å². The van der Waals surface area contributed by atoms with Gasteiger partial charge in [-0.3, -0.25) is 14.4 Å². The van der Waals surface area contributed by atoms with Crippen LogP contribution in [0.15, 0.2) is 22.4 Å². The fourth-order valence-electron chi connectivity index (χ4n) is 13.9.